The summed E-state index contributed by atoms with van der Waals surface area (Å²) in [7, 11) is 0. The number of aromatic nitrogens is 1. The maximum Gasteiger partial charge on any atom is 0.413 e. The minimum atomic E-state index is -0.438. The summed E-state index contributed by atoms with van der Waals surface area (Å²) >= 11 is 1.52. The zero-order valence-electron chi connectivity index (χ0n) is 17.3. The predicted molar refractivity (Wildman–Crippen MR) is 115 cm³/mol. The number of likely N-dealkylation sites (tertiary alicyclic amines) is 1. The molecule has 0 aliphatic carbocycles. The van der Waals surface area contributed by atoms with Gasteiger partial charge >= 0.3 is 6.09 Å². The summed E-state index contributed by atoms with van der Waals surface area (Å²) in [6.07, 6.45) is 3.62. The molecule has 1 unspecified atom stereocenters. The number of hydrogen-bond acceptors (Lipinski definition) is 5. The van der Waals surface area contributed by atoms with Crippen molar-refractivity contribution < 1.29 is 9.53 Å². The number of thiazole rings is 1. The molecule has 28 heavy (non-hydrogen) atoms. The highest BCUT2D eigenvalue weighted by Crippen LogP contribution is 2.29. The standard InChI is InChI=1S/C22H31N3O2S/c1-16(22(2,3)4)27-21(26)24-20-23-14-19(28-20)15-25-12-10-18(11-13-25)17-8-6-5-7-9-17/h5-9,14,16,18H,10-13,15H2,1-4H3,(H,23,24,26). The van der Waals surface area contributed by atoms with E-state index in [0.29, 0.717) is 11.0 Å². The Balaban J connectivity index is 1.46. The average Bonchev–Trinajstić information content (AvgIpc) is 3.09. The molecule has 0 spiro atoms. The monoisotopic (exact) mass is 401 g/mol. The van der Waals surface area contributed by atoms with E-state index in [1.807, 2.05) is 33.9 Å². The van der Waals surface area contributed by atoms with Gasteiger partial charge < -0.3 is 4.74 Å². The van der Waals surface area contributed by atoms with Gasteiger partial charge in [0, 0.05) is 17.6 Å². The number of nitrogens with one attached hydrogen (secondary N) is 1. The molecular weight excluding hydrogens is 370 g/mol. The SMILES string of the molecule is CC(OC(=O)Nc1ncc(CN2CCC(c3ccccc3)CC2)s1)C(C)(C)C. The fourth-order valence-corrected chi connectivity index (χ4v) is 4.10. The van der Waals surface area contributed by atoms with Gasteiger partial charge in [-0.05, 0) is 49.8 Å². The van der Waals surface area contributed by atoms with Crippen LogP contribution in [0.15, 0.2) is 36.5 Å². The van der Waals surface area contributed by atoms with E-state index in [1.54, 1.807) is 0 Å². The normalized spacial score (nSPS) is 17.3. The maximum absolute atomic E-state index is 12.1. The van der Waals surface area contributed by atoms with Gasteiger partial charge in [0.05, 0.1) is 0 Å². The highest BCUT2D eigenvalue weighted by molar-refractivity contribution is 7.15. The van der Waals surface area contributed by atoms with E-state index in [-0.39, 0.29) is 11.5 Å². The van der Waals surface area contributed by atoms with E-state index in [2.05, 4.69) is 45.5 Å². The zero-order chi connectivity index (χ0) is 20.1. The maximum atomic E-state index is 12.1. The first-order valence-corrected chi connectivity index (χ1v) is 10.8. The van der Waals surface area contributed by atoms with Crippen molar-refractivity contribution in [1.29, 1.82) is 0 Å². The first-order chi connectivity index (χ1) is 13.3. The van der Waals surface area contributed by atoms with Crippen LogP contribution >= 0.6 is 11.3 Å². The molecule has 1 N–H and O–H groups in total. The largest absolute Gasteiger partial charge is 0.446 e. The molecule has 0 radical (unpaired) electrons. The van der Waals surface area contributed by atoms with Crippen molar-refractivity contribution in [3.8, 4) is 0 Å². The first-order valence-electron chi connectivity index (χ1n) is 10.0. The van der Waals surface area contributed by atoms with Crippen LogP contribution in [0.2, 0.25) is 0 Å². The number of amides is 1. The second kappa shape index (κ2) is 9.05. The zero-order valence-corrected chi connectivity index (χ0v) is 18.1. The summed E-state index contributed by atoms with van der Waals surface area (Å²) in [6, 6.07) is 10.8. The molecule has 1 amide bonds. The molecule has 0 bridgehead atoms. The van der Waals surface area contributed by atoms with Gasteiger partial charge in [-0.2, -0.15) is 0 Å². The summed E-state index contributed by atoms with van der Waals surface area (Å²) < 4.78 is 5.44. The first kappa shape index (κ1) is 20.8. The second-order valence-corrected chi connectivity index (χ2v) is 9.75. The third kappa shape index (κ3) is 5.79. The van der Waals surface area contributed by atoms with E-state index >= 15 is 0 Å². The van der Waals surface area contributed by atoms with Crippen LogP contribution in [0.5, 0.6) is 0 Å². The molecule has 3 rings (SSSR count). The summed E-state index contributed by atoms with van der Waals surface area (Å²) in [6.45, 7) is 11.1. The molecule has 6 heteroatoms. The fourth-order valence-electron chi connectivity index (χ4n) is 3.26. The quantitative estimate of drug-likeness (QED) is 0.718. The van der Waals surface area contributed by atoms with Gasteiger partial charge in [-0.3, -0.25) is 10.2 Å². The number of nitrogens with zero attached hydrogens (tertiary/aromatic N) is 2. The lowest BCUT2D eigenvalue weighted by Gasteiger charge is -2.31. The second-order valence-electron chi connectivity index (χ2n) is 8.63. The van der Waals surface area contributed by atoms with Gasteiger partial charge in [0.15, 0.2) is 5.13 Å². The fraction of sp³-hybridized carbons (Fsp3) is 0.545. The lowest BCUT2D eigenvalue weighted by atomic mass is 9.89. The predicted octanol–water partition coefficient (Wildman–Crippen LogP) is 5.51. The number of anilines is 1. The molecular formula is C22H31N3O2S. The van der Waals surface area contributed by atoms with Gasteiger partial charge in [-0.15, -0.1) is 11.3 Å². The number of carbonyl (C=O) groups excluding carboxylic acids is 1. The molecule has 1 aromatic carbocycles. The van der Waals surface area contributed by atoms with Crippen molar-refractivity contribution in [1.82, 2.24) is 9.88 Å². The van der Waals surface area contributed by atoms with Gasteiger partial charge in [-0.1, -0.05) is 51.1 Å². The van der Waals surface area contributed by atoms with Crippen molar-refractivity contribution in [3.05, 3.63) is 47.0 Å². The van der Waals surface area contributed by atoms with Gasteiger partial charge in [-0.25, -0.2) is 9.78 Å². The number of benzene rings is 1. The lowest BCUT2D eigenvalue weighted by molar-refractivity contribution is 0.0527. The highest BCUT2D eigenvalue weighted by atomic mass is 32.1. The molecule has 1 atom stereocenters. The van der Waals surface area contributed by atoms with Gasteiger partial charge in [0.1, 0.15) is 6.10 Å². The van der Waals surface area contributed by atoms with Crippen molar-refractivity contribution in [2.24, 2.45) is 5.41 Å². The highest BCUT2D eigenvalue weighted by Gasteiger charge is 2.24. The van der Waals surface area contributed by atoms with E-state index in [0.717, 1.165) is 24.5 Å². The Hall–Kier alpha value is -1.92. The molecule has 1 aliphatic rings. The Morgan fingerprint density at radius 3 is 2.61 bits per heavy atom. The lowest BCUT2D eigenvalue weighted by Crippen LogP contribution is -2.32. The van der Waals surface area contributed by atoms with E-state index in [4.69, 9.17) is 4.74 Å². The van der Waals surface area contributed by atoms with Crippen molar-refractivity contribution in [2.75, 3.05) is 18.4 Å². The molecule has 0 saturated carbocycles. The van der Waals surface area contributed by atoms with Crippen LogP contribution in [-0.4, -0.2) is 35.2 Å². The van der Waals surface area contributed by atoms with E-state index in [1.165, 1.54) is 29.7 Å². The van der Waals surface area contributed by atoms with E-state index in [9.17, 15) is 4.79 Å². The van der Waals surface area contributed by atoms with Gasteiger partial charge in [0.2, 0.25) is 0 Å². The Labute approximate surface area is 172 Å². The molecule has 1 saturated heterocycles. The Morgan fingerprint density at radius 2 is 1.96 bits per heavy atom. The van der Waals surface area contributed by atoms with Crippen LogP contribution in [0, 0.1) is 5.41 Å². The number of ether oxygens (including phenoxy) is 1. The smallest absolute Gasteiger partial charge is 0.413 e. The number of piperidine rings is 1. The van der Waals surface area contributed by atoms with Crippen LogP contribution in [0.1, 0.15) is 56.9 Å². The van der Waals surface area contributed by atoms with Crippen LogP contribution < -0.4 is 5.32 Å². The molecule has 1 fully saturated rings. The average molecular weight is 402 g/mol. The Kier molecular flexibility index (Phi) is 6.73. The van der Waals surface area contributed by atoms with Crippen LogP contribution in [0.3, 0.4) is 0 Å². The number of carbonyl (C=O) groups is 1. The Bertz CT molecular complexity index is 762. The van der Waals surface area contributed by atoms with Gasteiger partial charge in [0.25, 0.3) is 0 Å². The third-order valence-corrected chi connectivity index (χ3v) is 6.40. The molecule has 5 nitrogen and oxygen atoms in total. The molecule has 2 heterocycles. The molecule has 1 aliphatic heterocycles. The Morgan fingerprint density at radius 1 is 1.29 bits per heavy atom. The van der Waals surface area contributed by atoms with Crippen molar-refractivity contribution >= 4 is 22.6 Å². The summed E-state index contributed by atoms with van der Waals surface area (Å²) in [5, 5.41) is 3.36. The minimum absolute atomic E-state index is 0.0861. The molecule has 2 aromatic rings. The third-order valence-electron chi connectivity index (χ3n) is 5.50. The minimum Gasteiger partial charge on any atom is -0.446 e. The number of hydrogen-bond donors (Lipinski definition) is 1. The van der Waals surface area contributed by atoms with Crippen molar-refractivity contribution in [2.45, 2.75) is 59.1 Å². The van der Waals surface area contributed by atoms with E-state index < -0.39 is 6.09 Å². The van der Waals surface area contributed by atoms with Crippen LogP contribution in [-0.2, 0) is 11.3 Å². The summed E-state index contributed by atoms with van der Waals surface area (Å²) in [5.74, 6) is 0.663. The topological polar surface area (TPSA) is 54.5 Å². The van der Waals surface area contributed by atoms with Crippen molar-refractivity contribution in [3.63, 3.8) is 0 Å². The molecule has 152 valence electrons. The number of rotatable bonds is 5. The van der Waals surface area contributed by atoms with Crippen LogP contribution in [0.25, 0.3) is 0 Å². The molecule has 1 aromatic heterocycles. The van der Waals surface area contributed by atoms with Crippen LogP contribution in [0.4, 0.5) is 9.93 Å². The summed E-state index contributed by atoms with van der Waals surface area (Å²) in [5.41, 5.74) is 1.37. The summed E-state index contributed by atoms with van der Waals surface area (Å²) in [4.78, 5) is 20.0.